The van der Waals surface area contributed by atoms with Crippen molar-refractivity contribution in [1.82, 2.24) is 4.57 Å². The highest BCUT2D eigenvalue weighted by Crippen LogP contribution is 2.11. The van der Waals surface area contributed by atoms with Gasteiger partial charge in [0, 0.05) is 18.1 Å². The van der Waals surface area contributed by atoms with Crippen LogP contribution in [0.4, 0.5) is 0 Å². The molecule has 0 radical (unpaired) electrons. The lowest BCUT2D eigenvalue weighted by Crippen LogP contribution is -2.20. The van der Waals surface area contributed by atoms with Gasteiger partial charge >= 0.3 is 5.97 Å². The van der Waals surface area contributed by atoms with Crippen LogP contribution in [-0.2, 0) is 27.3 Å². The van der Waals surface area contributed by atoms with E-state index in [0.29, 0.717) is 11.3 Å². The second-order valence-corrected chi connectivity index (χ2v) is 7.93. The van der Waals surface area contributed by atoms with Crippen LogP contribution in [0.3, 0.4) is 0 Å². The first-order valence-electron chi connectivity index (χ1n) is 9.39. The lowest BCUT2D eigenvalue weighted by molar-refractivity contribution is -0.147. The van der Waals surface area contributed by atoms with E-state index in [-0.39, 0.29) is 13.0 Å². The Bertz CT molecular complexity index is 1080. The molecule has 3 aromatic rings. The van der Waals surface area contributed by atoms with Crippen LogP contribution in [0.5, 0.6) is 0 Å². The topological polar surface area (TPSA) is 60.7 Å². The number of nitrogens with zero attached hydrogens (tertiary/aromatic N) is 2. The predicted molar refractivity (Wildman–Crippen MR) is 114 cm³/mol. The Kier molecular flexibility index (Phi) is 6.77. The molecule has 2 aromatic carbocycles. The molecule has 0 atom stereocenters. The molecule has 0 fully saturated rings. The van der Waals surface area contributed by atoms with Crippen molar-refractivity contribution in [3.63, 3.8) is 0 Å². The number of amides is 1. The van der Waals surface area contributed by atoms with Crippen LogP contribution in [0.25, 0.3) is 0 Å². The Morgan fingerprint density at radius 2 is 1.72 bits per heavy atom. The maximum absolute atomic E-state index is 12.2. The van der Waals surface area contributed by atoms with Crippen molar-refractivity contribution in [2.24, 2.45) is 4.99 Å². The maximum Gasteiger partial charge on any atom is 0.310 e. The highest BCUT2D eigenvalue weighted by molar-refractivity contribution is 7.07. The van der Waals surface area contributed by atoms with E-state index in [1.54, 1.807) is 0 Å². The third-order valence-corrected chi connectivity index (χ3v) is 5.42. The Morgan fingerprint density at radius 1 is 1.00 bits per heavy atom. The van der Waals surface area contributed by atoms with E-state index >= 15 is 0 Å². The van der Waals surface area contributed by atoms with E-state index < -0.39 is 11.9 Å². The number of hydrogen-bond donors (Lipinski definition) is 0. The molecule has 0 unspecified atom stereocenters. The van der Waals surface area contributed by atoms with Crippen molar-refractivity contribution >= 4 is 23.2 Å². The summed E-state index contributed by atoms with van der Waals surface area (Å²) in [5.74, 6) is -0.908. The molecule has 3 rings (SSSR count). The number of rotatable bonds is 6. The summed E-state index contributed by atoms with van der Waals surface area (Å²) in [7, 11) is 0. The van der Waals surface area contributed by atoms with Gasteiger partial charge in [0.1, 0.15) is 0 Å². The normalized spacial score (nSPS) is 11.5. The van der Waals surface area contributed by atoms with E-state index in [4.69, 9.17) is 4.74 Å². The molecule has 150 valence electrons. The average molecular weight is 409 g/mol. The van der Waals surface area contributed by atoms with Gasteiger partial charge in [0.25, 0.3) is 5.91 Å². The number of ether oxygens (including phenoxy) is 1. The van der Waals surface area contributed by atoms with Crippen molar-refractivity contribution in [2.45, 2.75) is 33.7 Å². The number of benzene rings is 2. The molecule has 0 N–H and O–H groups in total. The molecule has 0 spiro atoms. The number of carbonyl (C=O) groups excluding carboxylic acids is 2. The first-order valence-corrected chi connectivity index (χ1v) is 10.3. The maximum atomic E-state index is 12.2. The molecule has 0 saturated heterocycles. The lowest BCUT2D eigenvalue weighted by atomic mass is 10.0. The standard InChI is InChI=1S/C23H24N2O3S/c1-16-4-7-19(8-5-16)14-25-10-11-29-23(25)24-21(26)15-28-22(27)13-20-9-6-17(2)18(3)12-20/h4-12H,13-15H2,1-3H3. The second kappa shape index (κ2) is 9.47. The molecule has 1 heterocycles. The van der Waals surface area contributed by atoms with Crippen LogP contribution in [0, 0.1) is 20.8 Å². The highest BCUT2D eigenvalue weighted by atomic mass is 32.1. The molecule has 0 aliphatic rings. The largest absolute Gasteiger partial charge is 0.455 e. The van der Waals surface area contributed by atoms with Gasteiger partial charge in [-0.2, -0.15) is 4.99 Å². The van der Waals surface area contributed by atoms with Crippen LogP contribution in [-0.4, -0.2) is 23.1 Å². The summed E-state index contributed by atoms with van der Waals surface area (Å²) in [4.78, 5) is 28.9. The van der Waals surface area contributed by atoms with Crippen molar-refractivity contribution in [3.05, 3.63) is 86.7 Å². The number of aryl methyl sites for hydroxylation is 3. The highest BCUT2D eigenvalue weighted by Gasteiger charge is 2.09. The molecule has 0 aliphatic heterocycles. The minimum atomic E-state index is -0.474. The van der Waals surface area contributed by atoms with Crippen LogP contribution < -0.4 is 4.80 Å². The summed E-state index contributed by atoms with van der Waals surface area (Å²) in [6.07, 6.45) is 2.03. The average Bonchev–Trinajstić information content (AvgIpc) is 3.11. The minimum absolute atomic E-state index is 0.140. The Labute approximate surface area is 174 Å². The van der Waals surface area contributed by atoms with Gasteiger partial charge in [-0.3, -0.25) is 9.59 Å². The van der Waals surface area contributed by atoms with Crippen LogP contribution >= 0.6 is 11.3 Å². The van der Waals surface area contributed by atoms with E-state index in [9.17, 15) is 9.59 Å². The molecule has 1 aromatic heterocycles. The van der Waals surface area contributed by atoms with Crippen molar-refractivity contribution in [1.29, 1.82) is 0 Å². The van der Waals surface area contributed by atoms with Gasteiger partial charge in [0.15, 0.2) is 11.4 Å². The van der Waals surface area contributed by atoms with Gasteiger partial charge in [-0.05, 0) is 43.0 Å². The molecular formula is C23H24N2O3S. The molecule has 6 heteroatoms. The molecule has 0 bridgehead atoms. The zero-order chi connectivity index (χ0) is 20.8. The summed E-state index contributed by atoms with van der Waals surface area (Å²) in [6, 6.07) is 14.1. The number of aromatic nitrogens is 1. The van der Waals surface area contributed by atoms with Crippen LogP contribution in [0.15, 0.2) is 59.0 Å². The van der Waals surface area contributed by atoms with E-state index in [1.807, 2.05) is 55.1 Å². The van der Waals surface area contributed by atoms with Crippen LogP contribution in [0.1, 0.15) is 27.8 Å². The number of carbonyl (C=O) groups is 2. The summed E-state index contributed by atoms with van der Waals surface area (Å²) in [6.45, 7) is 6.34. The van der Waals surface area contributed by atoms with Crippen LogP contribution in [0.2, 0.25) is 0 Å². The number of thiazole rings is 1. The second-order valence-electron chi connectivity index (χ2n) is 7.06. The molecule has 5 nitrogen and oxygen atoms in total. The number of esters is 1. The van der Waals surface area contributed by atoms with Crippen molar-refractivity contribution < 1.29 is 14.3 Å². The van der Waals surface area contributed by atoms with Crippen molar-refractivity contribution in [2.75, 3.05) is 6.61 Å². The first-order chi connectivity index (χ1) is 13.9. The number of hydrogen-bond acceptors (Lipinski definition) is 4. The van der Waals surface area contributed by atoms with Gasteiger partial charge in [0.05, 0.1) is 6.42 Å². The third-order valence-electron chi connectivity index (χ3n) is 4.63. The monoisotopic (exact) mass is 408 g/mol. The smallest absolute Gasteiger partial charge is 0.310 e. The lowest BCUT2D eigenvalue weighted by Gasteiger charge is -2.06. The fourth-order valence-corrected chi connectivity index (χ4v) is 3.55. The Hall–Kier alpha value is -2.99. The Morgan fingerprint density at radius 3 is 2.45 bits per heavy atom. The van der Waals surface area contributed by atoms with Gasteiger partial charge in [0.2, 0.25) is 0 Å². The quantitative estimate of drug-likeness (QED) is 0.584. The summed E-state index contributed by atoms with van der Waals surface area (Å²) in [5, 5.41) is 1.88. The van der Waals surface area contributed by atoms with Gasteiger partial charge in [-0.25, -0.2) is 0 Å². The third kappa shape index (κ3) is 5.99. The zero-order valence-corrected chi connectivity index (χ0v) is 17.7. The zero-order valence-electron chi connectivity index (χ0n) is 16.8. The van der Waals surface area contributed by atoms with Gasteiger partial charge in [-0.1, -0.05) is 48.0 Å². The van der Waals surface area contributed by atoms with E-state index in [1.165, 1.54) is 22.5 Å². The first kappa shape index (κ1) is 20.7. The molecule has 0 aliphatic carbocycles. The van der Waals surface area contributed by atoms with Crippen molar-refractivity contribution in [3.8, 4) is 0 Å². The van der Waals surface area contributed by atoms with Gasteiger partial charge < -0.3 is 9.30 Å². The minimum Gasteiger partial charge on any atom is -0.455 e. The summed E-state index contributed by atoms with van der Waals surface area (Å²) in [5.41, 5.74) is 5.49. The summed E-state index contributed by atoms with van der Waals surface area (Å²) < 4.78 is 7.02. The van der Waals surface area contributed by atoms with E-state index in [0.717, 1.165) is 16.7 Å². The fourth-order valence-electron chi connectivity index (χ4n) is 2.81. The fraction of sp³-hybridized carbons (Fsp3) is 0.261. The van der Waals surface area contributed by atoms with E-state index in [2.05, 4.69) is 29.3 Å². The summed E-state index contributed by atoms with van der Waals surface area (Å²) >= 11 is 1.38. The molecule has 29 heavy (non-hydrogen) atoms. The predicted octanol–water partition coefficient (Wildman–Crippen LogP) is 3.74. The SMILES string of the molecule is Cc1ccc(Cn2ccsc2=NC(=O)COC(=O)Cc2ccc(C)c(C)c2)cc1. The molecule has 0 saturated carbocycles. The molecule has 1 amide bonds. The Balaban J connectivity index is 1.58. The molecular weight excluding hydrogens is 384 g/mol. The van der Waals surface area contributed by atoms with Gasteiger partial charge in [-0.15, -0.1) is 11.3 Å².